The molecule has 0 unspecified atom stereocenters. The molecule has 0 aromatic heterocycles. The summed E-state index contributed by atoms with van der Waals surface area (Å²) in [6, 6.07) is 12.1. The highest BCUT2D eigenvalue weighted by Gasteiger charge is 2.53. The average Bonchev–Trinajstić information content (AvgIpc) is 2.73. The molecule has 1 aliphatic rings. The third kappa shape index (κ3) is 2.63. The van der Waals surface area contributed by atoms with Gasteiger partial charge < -0.3 is 19.8 Å². The van der Waals surface area contributed by atoms with Gasteiger partial charge in [0.1, 0.15) is 5.75 Å². The second-order valence-electron chi connectivity index (χ2n) is 7.05. The molecule has 23 heavy (non-hydrogen) atoms. The van der Waals surface area contributed by atoms with Gasteiger partial charge in [0.2, 0.25) is 0 Å². The van der Waals surface area contributed by atoms with Gasteiger partial charge in [-0.1, -0.05) is 30.3 Å². The van der Waals surface area contributed by atoms with Crippen molar-refractivity contribution in [2.45, 2.75) is 44.8 Å². The molecule has 1 aliphatic heterocycles. The minimum absolute atomic E-state index is 0.410. The molecule has 2 aromatic carbocycles. The molecule has 122 valence electrons. The number of benzene rings is 2. The van der Waals surface area contributed by atoms with Crippen LogP contribution in [-0.4, -0.2) is 25.4 Å². The van der Waals surface area contributed by atoms with Crippen LogP contribution in [-0.2, 0) is 9.31 Å². The van der Waals surface area contributed by atoms with Crippen LogP contribution in [0, 0.1) is 0 Å². The highest BCUT2D eigenvalue weighted by atomic mass is 16.7. The first-order valence-electron chi connectivity index (χ1n) is 7.94. The standard InChI is InChI=1S/C18H24BNO3/c1-17(2)18(3,4)23-19(22-17)16(20)15-13-9-7-6-8-12(13)10-11-14(15)21-5/h6-11,16H,20H2,1-5H3/t16-/m1/s1. The monoisotopic (exact) mass is 313 g/mol. The van der Waals surface area contributed by atoms with Gasteiger partial charge >= 0.3 is 7.12 Å². The van der Waals surface area contributed by atoms with E-state index in [9.17, 15) is 0 Å². The van der Waals surface area contributed by atoms with Crippen LogP contribution in [0.1, 0.15) is 39.2 Å². The van der Waals surface area contributed by atoms with Crippen LogP contribution in [0.2, 0.25) is 0 Å². The highest BCUT2D eigenvalue weighted by molar-refractivity contribution is 6.47. The van der Waals surface area contributed by atoms with Crippen molar-refractivity contribution >= 4 is 17.9 Å². The van der Waals surface area contributed by atoms with Crippen molar-refractivity contribution < 1.29 is 14.0 Å². The van der Waals surface area contributed by atoms with Crippen molar-refractivity contribution in [3.05, 3.63) is 42.0 Å². The number of fused-ring (bicyclic) bond motifs is 1. The minimum atomic E-state index is -0.514. The highest BCUT2D eigenvalue weighted by Crippen LogP contribution is 2.42. The van der Waals surface area contributed by atoms with E-state index in [0.29, 0.717) is 0 Å². The number of ether oxygens (including phenoxy) is 1. The molecule has 0 radical (unpaired) electrons. The molecule has 1 heterocycles. The normalized spacial score (nSPS) is 20.7. The SMILES string of the molecule is COc1ccc2ccccc2c1[C@@H](N)B1OC(C)(C)C(C)(C)O1. The van der Waals surface area contributed by atoms with Gasteiger partial charge in [-0.25, -0.2) is 0 Å². The molecule has 0 bridgehead atoms. The number of hydrogen-bond donors (Lipinski definition) is 1. The molecule has 1 atom stereocenters. The summed E-state index contributed by atoms with van der Waals surface area (Å²) in [7, 11) is 1.14. The van der Waals surface area contributed by atoms with Crippen LogP contribution in [0.4, 0.5) is 0 Å². The molecule has 1 fully saturated rings. The maximum Gasteiger partial charge on any atom is 0.480 e. The Morgan fingerprint density at radius 3 is 2.22 bits per heavy atom. The summed E-state index contributed by atoms with van der Waals surface area (Å²) in [6.45, 7) is 8.11. The van der Waals surface area contributed by atoms with E-state index in [-0.39, 0.29) is 0 Å². The maximum atomic E-state index is 6.55. The molecule has 0 saturated carbocycles. The zero-order valence-corrected chi connectivity index (χ0v) is 14.4. The maximum absolute atomic E-state index is 6.55. The lowest BCUT2D eigenvalue weighted by molar-refractivity contribution is 0.00578. The second kappa shape index (κ2) is 5.51. The summed E-state index contributed by atoms with van der Waals surface area (Å²) < 4.78 is 17.8. The fourth-order valence-electron chi connectivity index (χ4n) is 2.97. The second-order valence-corrected chi connectivity index (χ2v) is 7.05. The number of hydrogen-bond acceptors (Lipinski definition) is 4. The largest absolute Gasteiger partial charge is 0.496 e. The van der Waals surface area contributed by atoms with Crippen molar-refractivity contribution in [2.75, 3.05) is 7.11 Å². The van der Waals surface area contributed by atoms with Crippen LogP contribution < -0.4 is 10.5 Å². The zero-order chi connectivity index (χ0) is 16.8. The van der Waals surface area contributed by atoms with E-state index in [1.165, 1.54) is 0 Å². The Hall–Kier alpha value is -1.56. The summed E-state index contributed by atoms with van der Waals surface area (Å²) in [5.74, 6) is 0.322. The fourth-order valence-corrected chi connectivity index (χ4v) is 2.97. The summed E-state index contributed by atoms with van der Waals surface area (Å²) in [5, 5.41) is 2.18. The first-order valence-corrected chi connectivity index (χ1v) is 7.94. The quantitative estimate of drug-likeness (QED) is 0.882. The third-order valence-electron chi connectivity index (χ3n) is 5.05. The lowest BCUT2D eigenvalue weighted by Crippen LogP contribution is -2.41. The fraction of sp³-hybridized carbons (Fsp3) is 0.444. The number of methoxy groups -OCH3 is 1. The smallest absolute Gasteiger partial charge is 0.480 e. The van der Waals surface area contributed by atoms with Gasteiger partial charge in [-0.3, -0.25) is 0 Å². The van der Waals surface area contributed by atoms with Gasteiger partial charge in [0.15, 0.2) is 0 Å². The van der Waals surface area contributed by atoms with Crippen LogP contribution in [0.15, 0.2) is 36.4 Å². The first-order chi connectivity index (χ1) is 10.8. The van der Waals surface area contributed by atoms with Gasteiger partial charge in [-0.2, -0.15) is 0 Å². The van der Waals surface area contributed by atoms with Crippen LogP contribution in [0.3, 0.4) is 0 Å². The molecule has 0 amide bonds. The molecule has 0 spiro atoms. The van der Waals surface area contributed by atoms with E-state index in [0.717, 1.165) is 22.1 Å². The lowest BCUT2D eigenvalue weighted by Gasteiger charge is -2.32. The predicted molar refractivity (Wildman–Crippen MR) is 93.5 cm³/mol. The Labute approximate surface area is 138 Å². The predicted octanol–water partition coefficient (Wildman–Crippen LogP) is 3.48. The van der Waals surface area contributed by atoms with Crippen molar-refractivity contribution in [3.63, 3.8) is 0 Å². The van der Waals surface area contributed by atoms with E-state index in [1.54, 1.807) is 7.11 Å². The third-order valence-corrected chi connectivity index (χ3v) is 5.05. The molecule has 0 aliphatic carbocycles. The van der Waals surface area contributed by atoms with Gasteiger partial charge in [0, 0.05) is 5.56 Å². The van der Waals surface area contributed by atoms with Crippen LogP contribution in [0.5, 0.6) is 5.75 Å². The summed E-state index contributed by atoms with van der Waals surface area (Å²) in [6.07, 6.45) is 0. The molecule has 5 heteroatoms. The van der Waals surface area contributed by atoms with Gasteiger partial charge in [0.05, 0.1) is 24.3 Å². The van der Waals surface area contributed by atoms with Crippen LogP contribution in [0.25, 0.3) is 10.8 Å². The summed E-state index contributed by atoms with van der Waals surface area (Å²) >= 11 is 0. The van der Waals surface area contributed by atoms with Crippen molar-refractivity contribution in [2.24, 2.45) is 5.73 Å². The van der Waals surface area contributed by atoms with E-state index >= 15 is 0 Å². The lowest BCUT2D eigenvalue weighted by atomic mass is 9.73. The van der Waals surface area contributed by atoms with E-state index < -0.39 is 24.3 Å². The van der Waals surface area contributed by atoms with Gasteiger partial charge in [-0.05, 0) is 44.5 Å². The molecule has 3 rings (SSSR count). The van der Waals surface area contributed by atoms with Gasteiger partial charge in [0.25, 0.3) is 0 Å². The van der Waals surface area contributed by atoms with Crippen molar-refractivity contribution in [1.29, 1.82) is 0 Å². The topological polar surface area (TPSA) is 53.7 Å². The molecular weight excluding hydrogens is 289 g/mol. The summed E-state index contributed by atoms with van der Waals surface area (Å²) in [5.41, 5.74) is 6.66. The minimum Gasteiger partial charge on any atom is -0.496 e. The molecule has 2 N–H and O–H groups in total. The number of nitrogens with two attached hydrogens (primary N) is 1. The Bertz CT molecular complexity index is 713. The first kappa shape index (κ1) is 16.3. The van der Waals surface area contributed by atoms with Gasteiger partial charge in [-0.15, -0.1) is 0 Å². The molecular formula is C18H24BNO3. The molecule has 1 saturated heterocycles. The van der Waals surface area contributed by atoms with E-state index in [2.05, 4.69) is 12.1 Å². The Morgan fingerprint density at radius 2 is 1.61 bits per heavy atom. The van der Waals surface area contributed by atoms with E-state index in [4.69, 9.17) is 19.8 Å². The Morgan fingerprint density at radius 1 is 1.00 bits per heavy atom. The zero-order valence-electron chi connectivity index (χ0n) is 14.4. The average molecular weight is 313 g/mol. The van der Waals surface area contributed by atoms with E-state index in [1.807, 2.05) is 52.0 Å². The summed E-state index contributed by atoms with van der Waals surface area (Å²) in [4.78, 5) is 0. The molecule has 4 nitrogen and oxygen atoms in total. The van der Waals surface area contributed by atoms with Crippen molar-refractivity contribution in [1.82, 2.24) is 0 Å². The number of rotatable bonds is 3. The van der Waals surface area contributed by atoms with Crippen LogP contribution >= 0.6 is 0 Å². The molecule has 2 aromatic rings. The Kier molecular flexibility index (Phi) is 3.91. The van der Waals surface area contributed by atoms with Crippen molar-refractivity contribution in [3.8, 4) is 5.75 Å². The Balaban J connectivity index is 2.06.